The summed E-state index contributed by atoms with van der Waals surface area (Å²) in [6.45, 7) is 2.38. The molecule has 1 rings (SSSR count). The summed E-state index contributed by atoms with van der Waals surface area (Å²) in [5.74, 6) is 0. The van der Waals surface area contributed by atoms with Crippen molar-refractivity contribution in [3.05, 3.63) is 28.8 Å². The molecule has 1 aromatic rings. The van der Waals surface area contributed by atoms with E-state index in [1.54, 1.807) is 13.2 Å². The zero-order valence-corrected chi connectivity index (χ0v) is 9.92. The van der Waals surface area contributed by atoms with Crippen LogP contribution in [0.4, 0.5) is 5.69 Å². The molecule has 84 valence electrons. The Labute approximate surface area is 95.8 Å². The van der Waals surface area contributed by atoms with Gasteiger partial charge in [-0.25, -0.2) is 0 Å². The van der Waals surface area contributed by atoms with E-state index in [1.807, 2.05) is 19.2 Å². The first-order valence-electron chi connectivity index (χ1n) is 4.85. The number of anilines is 1. The number of rotatable bonds is 5. The van der Waals surface area contributed by atoms with Crippen LogP contribution in [0.15, 0.2) is 18.2 Å². The largest absolute Gasteiger partial charge is 0.399 e. The normalized spacial score (nSPS) is 10.9. The summed E-state index contributed by atoms with van der Waals surface area (Å²) in [4.78, 5) is 2.14. The molecule has 3 nitrogen and oxygen atoms in total. The first-order valence-corrected chi connectivity index (χ1v) is 5.22. The Morgan fingerprint density at radius 2 is 2.20 bits per heavy atom. The van der Waals surface area contributed by atoms with Crippen LogP contribution in [0, 0.1) is 0 Å². The molecule has 15 heavy (non-hydrogen) atoms. The molecule has 1 aromatic carbocycles. The molecule has 0 saturated heterocycles. The zero-order valence-electron chi connectivity index (χ0n) is 9.16. The number of nitrogen functional groups attached to an aromatic ring is 1. The monoisotopic (exact) mass is 228 g/mol. The third kappa shape index (κ3) is 4.08. The Morgan fingerprint density at radius 1 is 1.47 bits per heavy atom. The summed E-state index contributed by atoms with van der Waals surface area (Å²) in [5.41, 5.74) is 7.50. The molecule has 0 radical (unpaired) electrons. The maximum Gasteiger partial charge on any atom is 0.0589 e. The van der Waals surface area contributed by atoms with Gasteiger partial charge in [0.25, 0.3) is 0 Å². The van der Waals surface area contributed by atoms with Crippen LogP contribution in [0.1, 0.15) is 5.56 Å². The fraction of sp³-hybridized carbons (Fsp3) is 0.455. The molecule has 0 spiro atoms. The number of ether oxygens (including phenoxy) is 1. The van der Waals surface area contributed by atoms with Crippen molar-refractivity contribution in [2.75, 3.05) is 33.0 Å². The minimum Gasteiger partial charge on any atom is -0.399 e. The van der Waals surface area contributed by atoms with Crippen LogP contribution in [0.5, 0.6) is 0 Å². The molecule has 4 heteroatoms. The van der Waals surface area contributed by atoms with Gasteiger partial charge in [-0.1, -0.05) is 11.6 Å². The van der Waals surface area contributed by atoms with Crippen molar-refractivity contribution in [3.63, 3.8) is 0 Å². The predicted octanol–water partition coefficient (Wildman–Crippen LogP) is 2.00. The van der Waals surface area contributed by atoms with Gasteiger partial charge in [-0.05, 0) is 30.8 Å². The van der Waals surface area contributed by atoms with Gasteiger partial charge in [-0.15, -0.1) is 0 Å². The fourth-order valence-corrected chi connectivity index (χ4v) is 1.51. The Hall–Kier alpha value is -0.770. The number of likely N-dealkylation sites (N-methyl/N-ethyl adjacent to an activating group) is 1. The lowest BCUT2D eigenvalue weighted by Gasteiger charge is -2.17. The minimum atomic E-state index is 0.719. The Kier molecular flexibility index (Phi) is 4.88. The molecule has 0 atom stereocenters. The van der Waals surface area contributed by atoms with E-state index in [1.165, 1.54) is 0 Å². The van der Waals surface area contributed by atoms with E-state index >= 15 is 0 Å². The average Bonchev–Trinajstić information content (AvgIpc) is 2.20. The number of hydrogen-bond acceptors (Lipinski definition) is 3. The highest BCUT2D eigenvalue weighted by atomic mass is 35.5. The van der Waals surface area contributed by atoms with Gasteiger partial charge in [0.05, 0.1) is 6.61 Å². The minimum absolute atomic E-state index is 0.719. The van der Waals surface area contributed by atoms with Crippen molar-refractivity contribution < 1.29 is 4.74 Å². The number of benzene rings is 1. The van der Waals surface area contributed by atoms with Crippen LogP contribution >= 0.6 is 11.6 Å². The van der Waals surface area contributed by atoms with E-state index in [9.17, 15) is 0 Å². The van der Waals surface area contributed by atoms with Crippen LogP contribution in [0.2, 0.25) is 5.02 Å². The fourth-order valence-electron chi connectivity index (χ4n) is 1.33. The van der Waals surface area contributed by atoms with Crippen molar-refractivity contribution in [2.24, 2.45) is 0 Å². The van der Waals surface area contributed by atoms with Crippen molar-refractivity contribution in [1.82, 2.24) is 4.90 Å². The Morgan fingerprint density at radius 3 is 2.87 bits per heavy atom. The molecule has 0 heterocycles. The summed E-state index contributed by atoms with van der Waals surface area (Å²) >= 11 is 6.06. The number of halogens is 1. The van der Waals surface area contributed by atoms with E-state index in [-0.39, 0.29) is 0 Å². The molecule has 0 unspecified atom stereocenters. The third-order valence-corrected chi connectivity index (χ3v) is 2.56. The van der Waals surface area contributed by atoms with E-state index < -0.39 is 0 Å². The molecule has 2 N–H and O–H groups in total. The van der Waals surface area contributed by atoms with Crippen LogP contribution in [0.25, 0.3) is 0 Å². The van der Waals surface area contributed by atoms with E-state index in [0.29, 0.717) is 0 Å². The van der Waals surface area contributed by atoms with Gasteiger partial charge in [-0.3, -0.25) is 4.90 Å². The van der Waals surface area contributed by atoms with Crippen LogP contribution in [-0.4, -0.2) is 32.2 Å². The number of nitrogens with two attached hydrogens (primary N) is 1. The molecule has 0 bridgehead atoms. The van der Waals surface area contributed by atoms with E-state index in [4.69, 9.17) is 22.1 Å². The topological polar surface area (TPSA) is 38.5 Å². The molecular weight excluding hydrogens is 212 g/mol. The second kappa shape index (κ2) is 5.95. The van der Waals surface area contributed by atoms with Crippen molar-refractivity contribution in [2.45, 2.75) is 6.54 Å². The second-order valence-electron chi connectivity index (χ2n) is 3.58. The molecular formula is C11H17ClN2O. The molecule has 0 aliphatic carbocycles. The molecule has 0 aromatic heterocycles. The first-order chi connectivity index (χ1) is 7.13. The van der Waals surface area contributed by atoms with Crippen LogP contribution in [-0.2, 0) is 11.3 Å². The number of methoxy groups -OCH3 is 1. The van der Waals surface area contributed by atoms with Gasteiger partial charge in [-0.2, -0.15) is 0 Å². The molecule has 0 aliphatic rings. The zero-order chi connectivity index (χ0) is 11.3. The summed E-state index contributed by atoms with van der Waals surface area (Å²) in [7, 11) is 3.72. The molecule has 0 aliphatic heterocycles. The quantitative estimate of drug-likeness (QED) is 0.784. The predicted molar refractivity (Wildman–Crippen MR) is 64.1 cm³/mol. The summed E-state index contributed by atoms with van der Waals surface area (Å²) in [6.07, 6.45) is 0. The van der Waals surface area contributed by atoms with Gasteiger partial charge in [0.2, 0.25) is 0 Å². The second-order valence-corrected chi connectivity index (χ2v) is 3.99. The maximum absolute atomic E-state index is 6.06. The highest BCUT2D eigenvalue weighted by Crippen LogP contribution is 2.19. The van der Waals surface area contributed by atoms with Gasteiger partial charge < -0.3 is 10.5 Å². The standard InChI is InChI=1S/C11H17ClN2O/c1-14(5-6-15-2)8-9-7-10(13)3-4-11(9)12/h3-4,7H,5-6,8,13H2,1-2H3. The van der Waals surface area contributed by atoms with E-state index in [2.05, 4.69) is 4.90 Å². The highest BCUT2D eigenvalue weighted by Gasteiger charge is 2.04. The average molecular weight is 229 g/mol. The van der Waals surface area contributed by atoms with Crippen LogP contribution in [0.3, 0.4) is 0 Å². The maximum atomic E-state index is 6.06. The molecule has 0 fully saturated rings. The summed E-state index contributed by atoms with van der Waals surface area (Å²) < 4.78 is 5.00. The van der Waals surface area contributed by atoms with Crippen LogP contribution < -0.4 is 5.73 Å². The summed E-state index contributed by atoms with van der Waals surface area (Å²) in [5, 5.41) is 0.758. The smallest absolute Gasteiger partial charge is 0.0589 e. The summed E-state index contributed by atoms with van der Waals surface area (Å²) in [6, 6.07) is 5.54. The highest BCUT2D eigenvalue weighted by molar-refractivity contribution is 6.31. The van der Waals surface area contributed by atoms with Crippen molar-refractivity contribution in [1.29, 1.82) is 0 Å². The number of hydrogen-bond donors (Lipinski definition) is 1. The first kappa shape index (κ1) is 12.3. The molecule has 0 amide bonds. The van der Waals surface area contributed by atoms with Gasteiger partial charge in [0, 0.05) is 30.9 Å². The lowest BCUT2D eigenvalue weighted by atomic mass is 10.2. The van der Waals surface area contributed by atoms with Gasteiger partial charge >= 0.3 is 0 Å². The Balaban J connectivity index is 2.59. The van der Waals surface area contributed by atoms with Gasteiger partial charge in [0.15, 0.2) is 0 Å². The van der Waals surface area contributed by atoms with Crippen molar-refractivity contribution in [3.8, 4) is 0 Å². The van der Waals surface area contributed by atoms with Gasteiger partial charge in [0.1, 0.15) is 0 Å². The lowest BCUT2D eigenvalue weighted by molar-refractivity contribution is 0.158. The molecule has 0 saturated carbocycles. The number of nitrogens with zero attached hydrogens (tertiary/aromatic N) is 1. The van der Waals surface area contributed by atoms with E-state index in [0.717, 1.165) is 36.0 Å². The third-order valence-electron chi connectivity index (χ3n) is 2.19. The lowest BCUT2D eigenvalue weighted by Crippen LogP contribution is -2.22. The Bertz CT molecular complexity index is 317. The SMILES string of the molecule is COCCN(C)Cc1cc(N)ccc1Cl. The van der Waals surface area contributed by atoms with Crippen molar-refractivity contribution >= 4 is 17.3 Å².